The topological polar surface area (TPSA) is 105 Å². The van der Waals surface area contributed by atoms with Crippen molar-refractivity contribution in [2.24, 2.45) is 13.0 Å². The Balaban J connectivity index is 1.34. The highest BCUT2D eigenvalue weighted by molar-refractivity contribution is 6.32. The Hall–Kier alpha value is -3.18. The molecule has 0 spiro atoms. The van der Waals surface area contributed by atoms with Crippen LogP contribution in [-0.2, 0) is 7.05 Å². The van der Waals surface area contributed by atoms with Crippen molar-refractivity contribution in [1.29, 1.82) is 0 Å². The Morgan fingerprint density at radius 2 is 2.11 bits per heavy atom. The van der Waals surface area contributed by atoms with Gasteiger partial charge in [0.1, 0.15) is 11.1 Å². The van der Waals surface area contributed by atoms with Gasteiger partial charge in [-0.05, 0) is 37.0 Å². The van der Waals surface area contributed by atoms with Crippen LogP contribution in [0.5, 0.6) is 5.75 Å². The molecule has 0 radical (unpaired) electrons. The number of nitrogens with zero attached hydrogens (tertiary/aromatic N) is 4. The summed E-state index contributed by atoms with van der Waals surface area (Å²) in [5, 5.41) is 17.7. The number of anilines is 4. The summed E-state index contributed by atoms with van der Waals surface area (Å²) in [5.41, 5.74) is 1.91. The third-order valence-corrected chi connectivity index (χ3v) is 7.70. The van der Waals surface area contributed by atoms with Crippen LogP contribution in [0, 0.1) is 5.92 Å². The molecule has 12 heteroatoms. The number of piperidine rings is 1. The van der Waals surface area contributed by atoms with Gasteiger partial charge in [-0.2, -0.15) is 4.98 Å². The summed E-state index contributed by atoms with van der Waals surface area (Å²) in [6.45, 7) is 0.212. The lowest BCUT2D eigenvalue weighted by Gasteiger charge is -2.35. The standard InChI is InChI=1S/C25H27ClF2N6O3/c1-33-18-5-4-14(10-15(18)20-21(23(33)36)37-9-6-17(31-20)13-2-3-13)30-22-16(26)11-29-24(32-22)34-8-7-25(27,28)19(35)12-34/h4-5,10-11,13,17,19,31,35H,2-3,6-9,12H2,1H3,(H,29,30,32)/t17-,19-/m1/s1. The average Bonchev–Trinajstić information content (AvgIpc) is 3.72. The van der Waals surface area contributed by atoms with Crippen molar-refractivity contribution in [3.63, 3.8) is 0 Å². The van der Waals surface area contributed by atoms with Crippen molar-refractivity contribution >= 4 is 45.6 Å². The fourth-order valence-electron chi connectivity index (χ4n) is 5.07. The first kappa shape index (κ1) is 24.2. The molecule has 1 saturated carbocycles. The predicted molar refractivity (Wildman–Crippen MR) is 138 cm³/mol. The second-order valence-corrected chi connectivity index (χ2v) is 10.4. The minimum atomic E-state index is -3.14. The minimum Gasteiger partial charge on any atom is -0.486 e. The van der Waals surface area contributed by atoms with E-state index in [9.17, 15) is 18.7 Å². The monoisotopic (exact) mass is 532 g/mol. The third-order valence-electron chi connectivity index (χ3n) is 7.42. The van der Waals surface area contributed by atoms with Crippen LogP contribution in [0.2, 0.25) is 5.02 Å². The molecule has 196 valence electrons. The molecule has 3 N–H and O–H groups in total. The molecule has 1 aliphatic carbocycles. The molecule has 2 fully saturated rings. The zero-order valence-corrected chi connectivity index (χ0v) is 20.9. The number of aliphatic hydroxyl groups excluding tert-OH is 1. The second kappa shape index (κ2) is 8.98. The number of aromatic nitrogens is 3. The number of alkyl halides is 2. The molecule has 9 nitrogen and oxygen atoms in total. The number of pyridine rings is 1. The van der Waals surface area contributed by atoms with Crippen LogP contribution in [0.3, 0.4) is 0 Å². The molecule has 1 aromatic carbocycles. The van der Waals surface area contributed by atoms with Gasteiger partial charge in [0.25, 0.3) is 11.5 Å². The van der Waals surface area contributed by atoms with Crippen LogP contribution in [0.15, 0.2) is 29.2 Å². The lowest BCUT2D eigenvalue weighted by molar-refractivity contribution is -0.118. The van der Waals surface area contributed by atoms with E-state index in [1.807, 2.05) is 18.2 Å². The fraction of sp³-hybridized carbons (Fsp3) is 0.480. The molecular formula is C25H27ClF2N6O3. The first-order chi connectivity index (χ1) is 17.7. The first-order valence-corrected chi connectivity index (χ1v) is 12.8. The molecule has 0 amide bonds. The quantitative estimate of drug-likeness (QED) is 0.465. The van der Waals surface area contributed by atoms with Crippen LogP contribution >= 0.6 is 11.6 Å². The largest absolute Gasteiger partial charge is 0.486 e. The zero-order chi connectivity index (χ0) is 25.9. The van der Waals surface area contributed by atoms with Gasteiger partial charge in [0.2, 0.25) is 11.7 Å². The summed E-state index contributed by atoms with van der Waals surface area (Å²) in [5.74, 6) is -1.74. The normalized spacial score (nSPS) is 23.1. The molecule has 4 heterocycles. The number of β-amino-alcohol motifs (C(OH)–C–C–N with tert-alkyl or cyclic N) is 1. The van der Waals surface area contributed by atoms with Crippen molar-refractivity contribution in [3.8, 4) is 5.75 Å². The van der Waals surface area contributed by atoms with Crippen molar-refractivity contribution < 1.29 is 18.6 Å². The van der Waals surface area contributed by atoms with Crippen molar-refractivity contribution in [2.75, 3.05) is 35.2 Å². The van der Waals surface area contributed by atoms with Crippen LogP contribution in [-0.4, -0.2) is 57.4 Å². The molecule has 0 bridgehead atoms. The maximum Gasteiger partial charge on any atom is 0.295 e. The number of ether oxygens (including phenoxy) is 1. The van der Waals surface area contributed by atoms with Gasteiger partial charge >= 0.3 is 0 Å². The minimum absolute atomic E-state index is 0.00903. The van der Waals surface area contributed by atoms with Crippen LogP contribution < -0.4 is 25.8 Å². The molecule has 37 heavy (non-hydrogen) atoms. The van der Waals surface area contributed by atoms with Gasteiger partial charge < -0.3 is 29.9 Å². The predicted octanol–water partition coefficient (Wildman–Crippen LogP) is 3.90. The molecule has 3 aliphatic rings. The fourth-order valence-corrected chi connectivity index (χ4v) is 5.21. The van der Waals surface area contributed by atoms with Crippen molar-refractivity contribution in [1.82, 2.24) is 14.5 Å². The van der Waals surface area contributed by atoms with Gasteiger partial charge in [-0.3, -0.25) is 4.79 Å². The van der Waals surface area contributed by atoms with Crippen molar-refractivity contribution in [2.45, 2.75) is 43.8 Å². The van der Waals surface area contributed by atoms with Gasteiger partial charge in [0.05, 0.1) is 30.6 Å². The number of benzene rings is 1. The van der Waals surface area contributed by atoms with Gasteiger partial charge in [-0.1, -0.05) is 11.6 Å². The van der Waals surface area contributed by atoms with Gasteiger partial charge in [-0.15, -0.1) is 0 Å². The van der Waals surface area contributed by atoms with E-state index in [-0.39, 0.29) is 35.7 Å². The average molecular weight is 533 g/mol. The van der Waals surface area contributed by atoms with E-state index < -0.39 is 18.4 Å². The number of hydrogen-bond donors (Lipinski definition) is 3. The van der Waals surface area contributed by atoms with Gasteiger partial charge in [0.15, 0.2) is 5.82 Å². The second-order valence-electron chi connectivity index (χ2n) is 9.99. The molecule has 2 atom stereocenters. The van der Waals surface area contributed by atoms with E-state index in [4.69, 9.17) is 16.3 Å². The van der Waals surface area contributed by atoms with Crippen LogP contribution in [0.1, 0.15) is 25.7 Å². The van der Waals surface area contributed by atoms with Crippen LogP contribution in [0.25, 0.3) is 10.9 Å². The number of aliphatic hydroxyl groups is 1. The third kappa shape index (κ3) is 4.44. The maximum atomic E-state index is 13.7. The number of hydrogen-bond acceptors (Lipinski definition) is 8. The maximum absolute atomic E-state index is 13.7. The Morgan fingerprint density at radius 1 is 1.30 bits per heavy atom. The van der Waals surface area contributed by atoms with E-state index in [1.165, 1.54) is 23.9 Å². The highest BCUT2D eigenvalue weighted by atomic mass is 35.5. The molecular weight excluding hydrogens is 506 g/mol. The summed E-state index contributed by atoms with van der Waals surface area (Å²) in [6.07, 6.45) is 2.28. The van der Waals surface area contributed by atoms with E-state index in [2.05, 4.69) is 20.6 Å². The Kier molecular flexibility index (Phi) is 5.87. The van der Waals surface area contributed by atoms with Gasteiger partial charge in [0, 0.05) is 43.5 Å². The molecule has 2 aliphatic heterocycles. The number of nitrogens with one attached hydrogen (secondary N) is 2. The lowest BCUT2D eigenvalue weighted by atomic mass is 10.0. The summed E-state index contributed by atoms with van der Waals surface area (Å²) < 4.78 is 35.0. The highest BCUT2D eigenvalue weighted by Gasteiger charge is 2.43. The number of fused-ring (bicyclic) bond motifs is 3. The lowest BCUT2D eigenvalue weighted by Crippen LogP contribution is -2.51. The van der Waals surface area contributed by atoms with Crippen molar-refractivity contribution in [3.05, 3.63) is 39.8 Å². The Bertz CT molecular complexity index is 1430. The van der Waals surface area contributed by atoms with Crippen LogP contribution in [0.4, 0.5) is 31.9 Å². The zero-order valence-electron chi connectivity index (χ0n) is 20.2. The molecule has 0 unspecified atom stereocenters. The number of halogens is 3. The van der Waals surface area contributed by atoms with E-state index in [0.717, 1.165) is 17.3 Å². The Labute approximate surface area is 216 Å². The first-order valence-electron chi connectivity index (χ1n) is 12.4. The molecule has 6 rings (SSSR count). The SMILES string of the molecule is Cn1c(=O)c2c(c3cc(Nc4nc(N5CCC(F)(F)[C@H](O)C5)ncc4Cl)ccc31)N[C@@H](C1CC1)CCO2. The molecule has 2 aromatic heterocycles. The number of rotatable bonds is 4. The summed E-state index contributed by atoms with van der Waals surface area (Å²) >= 11 is 6.37. The summed E-state index contributed by atoms with van der Waals surface area (Å²) in [7, 11) is 1.72. The van der Waals surface area contributed by atoms with E-state index >= 15 is 0 Å². The number of aryl methyl sites for hydroxylation is 1. The summed E-state index contributed by atoms with van der Waals surface area (Å²) in [6, 6.07) is 5.81. The molecule has 1 saturated heterocycles. The highest BCUT2D eigenvalue weighted by Crippen LogP contribution is 2.41. The Morgan fingerprint density at radius 3 is 2.86 bits per heavy atom. The smallest absolute Gasteiger partial charge is 0.295 e. The van der Waals surface area contributed by atoms with E-state index in [1.54, 1.807) is 11.6 Å². The van der Waals surface area contributed by atoms with E-state index in [0.29, 0.717) is 35.5 Å². The van der Waals surface area contributed by atoms with Gasteiger partial charge in [-0.25, -0.2) is 13.8 Å². The molecule has 3 aromatic rings. The summed E-state index contributed by atoms with van der Waals surface area (Å²) in [4.78, 5) is 23.2.